The maximum atomic E-state index is 5.91. The third-order valence-corrected chi connectivity index (χ3v) is 2.63. The van der Waals surface area contributed by atoms with E-state index in [0.717, 1.165) is 23.8 Å². The van der Waals surface area contributed by atoms with E-state index in [1.807, 2.05) is 32.2 Å². The fraction of sp³-hybridized carbons (Fsp3) is 0.308. The standard InChI is InChI=1S/C13H15ClN4/c1-10-7-12(14)17-13(16-10)9-18(2)8-11-5-3-4-6-15-11/h3-7H,8-9H2,1-2H3. The largest absolute Gasteiger partial charge is 0.293 e. The van der Waals surface area contributed by atoms with Crippen molar-refractivity contribution in [3.63, 3.8) is 0 Å². The van der Waals surface area contributed by atoms with Crippen LogP contribution >= 0.6 is 11.6 Å². The minimum absolute atomic E-state index is 0.490. The summed E-state index contributed by atoms with van der Waals surface area (Å²) in [6, 6.07) is 7.65. The first-order valence-electron chi connectivity index (χ1n) is 5.72. The number of hydrogen-bond acceptors (Lipinski definition) is 4. The van der Waals surface area contributed by atoms with Gasteiger partial charge in [-0.25, -0.2) is 9.97 Å². The maximum absolute atomic E-state index is 5.91. The van der Waals surface area contributed by atoms with Gasteiger partial charge in [0, 0.05) is 18.4 Å². The van der Waals surface area contributed by atoms with Crippen LogP contribution in [0, 0.1) is 6.92 Å². The van der Waals surface area contributed by atoms with Gasteiger partial charge in [-0.1, -0.05) is 17.7 Å². The van der Waals surface area contributed by atoms with E-state index in [2.05, 4.69) is 19.9 Å². The molecular formula is C13H15ClN4. The van der Waals surface area contributed by atoms with Gasteiger partial charge in [0.2, 0.25) is 0 Å². The van der Waals surface area contributed by atoms with Crippen molar-refractivity contribution in [2.75, 3.05) is 7.05 Å². The van der Waals surface area contributed by atoms with Crippen LogP contribution in [-0.4, -0.2) is 26.9 Å². The normalized spacial score (nSPS) is 10.9. The minimum atomic E-state index is 0.490. The van der Waals surface area contributed by atoms with Gasteiger partial charge in [-0.2, -0.15) is 0 Å². The highest BCUT2D eigenvalue weighted by Crippen LogP contribution is 2.08. The van der Waals surface area contributed by atoms with Gasteiger partial charge in [0.1, 0.15) is 11.0 Å². The van der Waals surface area contributed by atoms with Crippen LogP contribution in [-0.2, 0) is 13.1 Å². The molecule has 0 radical (unpaired) electrons. The Morgan fingerprint density at radius 2 is 2.06 bits per heavy atom. The molecule has 0 saturated carbocycles. The van der Waals surface area contributed by atoms with E-state index in [1.54, 1.807) is 12.3 Å². The molecular weight excluding hydrogens is 248 g/mol. The molecule has 0 spiro atoms. The van der Waals surface area contributed by atoms with Gasteiger partial charge < -0.3 is 0 Å². The molecule has 0 unspecified atom stereocenters. The lowest BCUT2D eigenvalue weighted by Gasteiger charge is -2.15. The molecule has 0 fully saturated rings. The van der Waals surface area contributed by atoms with Gasteiger partial charge >= 0.3 is 0 Å². The van der Waals surface area contributed by atoms with Crippen LogP contribution in [0.25, 0.3) is 0 Å². The Balaban J connectivity index is 2.01. The van der Waals surface area contributed by atoms with Crippen molar-refractivity contribution in [3.8, 4) is 0 Å². The minimum Gasteiger partial charge on any atom is -0.293 e. The summed E-state index contributed by atoms with van der Waals surface area (Å²) in [5.41, 5.74) is 1.91. The number of aromatic nitrogens is 3. The monoisotopic (exact) mass is 262 g/mol. The summed E-state index contributed by atoms with van der Waals surface area (Å²) in [6.07, 6.45) is 1.79. The zero-order chi connectivity index (χ0) is 13.0. The molecule has 2 aromatic heterocycles. The van der Waals surface area contributed by atoms with Crippen LogP contribution in [0.3, 0.4) is 0 Å². The average Bonchev–Trinajstić information content (AvgIpc) is 2.28. The first kappa shape index (κ1) is 12.9. The molecule has 4 nitrogen and oxygen atoms in total. The van der Waals surface area contributed by atoms with Gasteiger partial charge in [-0.15, -0.1) is 0 Å². The third-order valence-electron chi connectivity index (χ3n) is 2.44. The molecule has 0 aliphatic rings. The zero-order valence-electron chi connectivity index (χ0n) is 10.5. The van der Waals surface area contributed by atoms with Crippen molar-refractivity contribution >= 4 is 11.6 Å². The topological polar surface area (TPSA) is 41.9 Å². The molecule has 0 N–H and O–H groups in total. The average molecular weight is 263 g/mol. The van der Waals surface area contributed by atoms with Gasteiger partial charge in [0.05, 0.1) is 12.2 Å². The van der Waals surface area contributed by atoms with Gasteiger partial charge in [0.25, 0.3) is 0 Å². The first-order chi connectivity index (χ1) is 8.63. The molecule has 2 heterocycles. The van der Waals surface area contributed by atoms with Crippen LogP contribution < -0.4 is 0 Å². The molecule has 2 aromatic rings. The molecule has 0 bridgehead atoms. The van der Waals surface area contributed by atoms with Crippen LogP contribution in [0.15, 0.2) is 30.5 Å². The summed E-state index contributed by atoms with van der Waals surface area (Å²) < 4.78 is 0. The van der Waals surface area contributed by atoms with E-state index < -0.39 is 0 Å². The maximum Gasteiger partial charge on any atom is 0.144 e. The van der Waals surface area contributed by atoms with E-state index in [4.69, 9.17) is 11.6 Å². The zero-order valence-corrected chi connectivity index (χ0v) is 11.2. The van der Waals surface area contributed by atoms with Crippen molar-refractivity contribution in [3.05, 3.63) is 52.8 Å². The number of pyridine rings is 1. The number of rotatable bonds is 4. The van der Waals surface area contributed by atoms with Crippen molar-refractivity contribution < 1.29 is 0 Å². The molecule has 0 saturated heterocycles. The number of halogens is 1. The van der Waals surface area contributed by atoms with E-state index in [9.17, 15) is 0 Å². The van der Waals surface area contributed by atoms with Crippen LogP contribution in [0.2, 0.25) is 5.15 Å². The molecule has 5 heteroatoms. The number of hydrogen-bond donors (Lipinski definition) is 0. The molecule has 0 aliphatic carbocycles. The van der Waals surface area contributed by atoms with Gasteiger partial charge in [0.15, 0.2) is 0 Å². The second-order valence-electron chi connectivity index (χ2n) is 4.24. The highest BCUT2D eigenvalue weighted by molar-refractivity contribution is 6.29. The van der Waals surface area contributed by atoms with Crippen LogP contribution in [0.1, 0.15) is 17.2 Å². The predicted molar refractivity (Wildman–Crippen MR) is 71.2 cm³/mol. The lowest BCUT2D eigenvalue weighted by Crippen LogP contribution is -2.19. The van der Waals surface area contributed by atoms with Crippen LogP contribution in [0.5, 0.6) is 0 Å². The highest BCUT2D eigenvalue weighted by Gasteiger charge is 2.06. The van der Waals surface area contributed by atoms with Crippen molar-refractivity contribution in [1.82, 2.24) is 19.9 Å². The molecule has 0 aromatic carbocycles. The Kier molecular flexibility index (Phi) is 4.23. The highest BCUT2D eigenvalue weighted by atomic mass is 35.5. The van der Waals surface area contributed by atoms with E-state index in [-0.39, 0.29) is 0 Å². The fourth-order valence-electron chi connectivity index (χ4n) is 1.73. The Morgan fingerprint density at radius 3 is 2.72 bits per heavy atom. The summed E-state index contributed by atoms with van der Waals surface area (Å²) in [7, 11) is 2.01. The SMILES string of the molecule is Cc1cc(Cl)nc(CN(C)Cc2ccccn2)n1. The van der Waals surface area contributed by atoms with E-state index >= 15 is 0 Å². The molecule has 18 heavy (non-hydrogen) atoms. The second kappa shape index (κ2) is 5.89. The summed E-state index contributed by atoms with van der Waals surface area (Å²) in [5, 5.41) is 0.490. The van der Waals surface area contributed by atoms with Crippen molar-refractivity contribution in [2.24, 2.45) is 0 Å². The Morgan fingerprint density at radius 1 is 1.22 bits per heavy atom. The summed E-state index contributed by atoms with van der Waals surface area (Å²) in [6.45, 7) is 3.32. The Labute approximate surface area is 112 Å². The number of nitrogens with zero attached hydrogens (tertiary/aromatic N) is 4. The summed E-state index contributed by atoms with van der Waals surface area (Å²) in [4.78, 5) is 15.0. The Hall–Kier alpha value is -1.52. The van der Waals surface area contributed by atoms with Gasteiger partial charge in [-0.3, -0.25) is 9.88 Å². The second-order valence-corrected chi connectivity index (χ2v) is 4.63. The lowest BCUT2D eigenvalue weighted by molar-refractivity contribution is 0.306. The molecule has 94 valence electrons. The van der Waals surface area contributed by atoms with Crippen molar-refractivity contribution in [1.29, 1.82) is 0 Å². The fourth-order valence-corrected chi connectivity index (χ4v) is 1.98. The molecule has 2 rings (SSSR count). The quantitative estimate of drug-likeness (QED) is 0.794. The van der Waals surface area contributed by atoms with Gasteiger partial charge in [-0.05, 0) is 32.2 Å². The third kappa shape index (κ3) is 3.75. The summed E-state index contributed by atoms with van der Waals surface area (Å²) >= 11 is 5.91. The smallest absolute Gasteiger partial charge is 0.144 e. The predicted octanol–water partition coefficient (Wildman–Crippen LogP) is 2.47. The molecule has 0 atom stereocenters. The van der Waals surface area contributed by atoms with Crippen LogP contribution in [0.4, 0.5) is 0 Å². The molecule has 0 amide bonds. The lowest BCUT2D eigenvalue weighted by atomic mass is 10.3. The van der Waals surface area contributed by atoms with E-state index in [0.29, 0.717) is 11.7 Å². The van der Waals surface area contributed by atoms with Crippen molar-refractivity contribution in [2.45, 2.75) is 20.0 Å². The Bertz CT molecular complexity index is 495. The summed E-state index contributed by atoms with van der Waals surface area (Å²) in [5.74, 6) is 0.735. The number of aryl methyl sites for hydroxylation is 1. The van der Waals surface area contributed by atoms with E-state index in [1.165, 1.54) is 0 Å². The molecule has 0 aliphatic heterocycles. The first-order valence-corrected chi connectivity index (χ1v) is 6.10.